The number of H-pyrrole nitrogens is 2. The number of benzene rings is 2. The maximum Gasteiger partial charge on any atom is 0.199 e. The Bertz CT molecular complexity index is 1080. The zero-order valence-electron chi connectivity index (χ0n) is 12.2. The third kappa shape index (κ3) is 1.88. The van der Waals surface area contributed by atoms with E-state index in [4.69, 9.17) is 0 Å². The van der Waals surface area contributed by atoms with Crippen molar-refractivity contribution in [2.45, 2.75) is 6.92 Å². The van der Waals surface area contributed by atoms with E-state index >= 15 is 0 Å². The Labute approximate surface area is 130 Å². The maximum atomic E-state index is 11.4. The van der Waals surface area contributed by atoms with Crippen LogP contribution in [0.15, 0.2) is 41.6 Å². The van der Waals surface area contributed by atoms with E-state index in [0.717, 1.165) is 16.5 Å². The van der Waals surface area contributed by atoms with Gasteiger partial charge in [0.15, 0.2) is 5.88 Å². The molecule has 0 saturated heterocycles. The predicted octanol–water partition coefficient (Wildman–Crippen LogP) is 4.43. The molecule has 0 bridgehead atoms. The first-order chi connectivity index (χ1) is 11.1. The van der Waals surface area contributed by atoms with Gasteiger partial charge >= 0.3 is 0 Å². The zero-order chi connectivity index (χ0) is 16.1. The SMILES string of the molecule is Cc1ccc2[nH]c(O)c(-c3[nH]c4ccc(O)cc4c3N=O)c2c1. The van der Waals surface area contributed by atoms with E-state index in [1.165, 1.54) is 12.1 Å². The van der Waals surface area contributed by atoms with Crippen LogP contribution in [0.25, 0.3) is 33.1 Å². The van der Waals surface area contributed by atoms with Crippen LogP contribution in [0.1, 0.15) is 5.56 Å². The van der Waals surface area contributed by atoms with Crippen molar-refractivity contribution in [1.29, 1.82) is 0 Å². The van der Waals surface area contributed by atoms with Crippen LogP contribution >= 0.6 is 0 Å². The number of aryl methyl sites for hydroxylation is 1. The largest absolute Gasteiger partial charge is 0.508 e. The zero-order valence-corrected chi connectivity index (χ0v) is 12.2. The third-order valence-corrected chi connectivity index (χ3v) is 4.03. The number of nitrogens with one attached hydrogen (secondary N) is 2. The van der Waals surface area contributed by atoms with E-state index in [1.807, 2.05) is 25.1 Å². The highest BCUT2D eigenvalue weighted by molar-refractivity contribution is 6.07. The van der Waals surface area contributed by atoms with Gasteiger partial charge < -0.3 is 20.2 Å². The lowest BCUT2D eigenvalue weighted by Crippen LogP contribution is -1.78. The number of nitroso groups, excluding NO2 is 1. The number of phenols is 1. The Morgan fingerprint density at radius 2 is 1.70 bits per heavy atom. The summed E-state index contributed by atoms with van der Waals surface area (Å²) >= 11 is 0. The van der Waals surface area contributed by atoms with Crippen molar-refractivity contribution in [3.05, 3.63) is 46.9 Å². The van der Waals surface area contributed by atoms with Crippen molar-refractivity contribution in [2.24, 2.45) is 5.18 Å². The molecule has 6 heteroatoms. The molecule has 0 atom stereocenters. The Morgan fingerprint density at radius 3 is 2.48 bits per heavy atom. The number of aromatic nitrogens is 2. The molecule has 4 aromatic rings. The van der Waals surface area contributed by atoms with Gasteiger partial charge in [0.05, 0.1) is 11.3 Å². The number of aromatic amines is 2. The van der Waals surface area contributed by atoms with Crippen molar-refractivity contribution in [3.8, 4) is 22.9 Å². The fourth-order valence-electron chi connectivity index (χ4n) is 2.99. The normalized spacial score (nSPS) is 11.3. The molecule has 0 saturated carbocycles. The summed E-state index contributed by atoms with van der Waals surface area (Å²) in [6.07, 6.45) is 0. The van der Waals surface area contributed by atoms with E-state index in [0.29, 0.717) is 22.2 Å². The fourth-order valence-corrected chi connectivity index (χ4v) is 2.99. The molecule has 114 valence electrons. The first-order valence-corrected chi connectivity index (χ1v) is 7.08. The van der Waals surface area contributed by atoms with Crippen molar-refractivity contribution in [2.75, 3.05) is 0 Å². The van der Waals surface area contributed by atoms with Gasteiger partial charge in [-0.25, -0.2) is 0 Å². The standard InChI is InChI=1S/C17H13N3O3/c1-8-2-4-12-10(6-8)14(17(22)19-12)16-15(20-23)11-7-9(21)3-5-13(11)18-16/h2-7,18-19,21-22H,1H3. The number of hydrogen-bond donors (Lipinski definition) is 4. The topological polar surface area (TPSA) is 101 Å². The molecule has 0 amide bonds. The van der Waals surface area contributed by atoms with Gasteiger partial charge in [0, 0.05) is 21.8 Å². The Kier molecular flexibility index (Phi) is 2.68. The van der Waals surface area contributed by atoms with Crippen LogP contribution in [-0.2, 0) is 0 Å². The number of rotatable bonds is 2. The average molecular weight is 307 g/mol. The molecule has 2 aromatic heterocycles. The van der Waals surface area contributed by atoms with Crippen LogP contribution in [-0.4, -0.2) is 20.2 Å². The fraction of sp³-hybridized carbons (Fsp3) is 0.0588. The quantitative estimate of drug-likeness (QED) is 0.412. The number of nitrogens with zero attached hydrogens (tertiary/aromatic N) is 1. The van der Waals surface area contributed by atoms with Crippen LogP contribution in [0.2, 0.25) is 0 Å². The molecule has 4 N–H and O–H groups in total. The van der Waals surface area contributed by atoms with Crippen LogP contribution in [0.5, 0.6) is 11.6 Å². The predicted molar refractivity (Wildman–Crippen MR) is 89.1 cm³/mol. The van der Waals surface area contributed by atoms with Gasteiger partial charge in [-0.15, -0.1) is 4.91 Å². The number of hydrogen-bond acceptors (Lipinski definition) is 4. The van der Waals surface area contributed by atoms with E-state index < -0.39 is 0 Å². The summed E-state index contributed by atoms with van der Waals surface area (Å²) in [7, 11) is 0. The summed E-state index contributed by atoms with van der Waals surface area (Å²) in [6.45, 7) is 1.95. The monoisotopic (exact) mass is 307 g/mol. The van der Waals surface area contributed by atoms with Crippen molar-refractivity contribution in [1.82, 2.24) is 9.97 Å². The Balaban J connectivity index is 2.12. The highest BCUT2D eigenvalue weighted by Crippen LogP contribution is 2.44. The lowest BCUT2D eigenvalue weighted by atomic mass is 10.1. The maximum absolute atomic E-state index is 11.4. The van der Waals surface area contributed by atoms with Crippen LogP contribution in [0.3, 0.4) is 0 Å². The highest BCUT2D eigenvalue weighted by Gasteiger charge is 2.21. The summed E-state index contributed by atoms with van der Waals surface area (Å²) < 4.78 is 0. The molecule has 0 spiro atoms. The first kappa shape index (κ1) is 13.4. The van der Waals surface area contributed by atoms with Gasteiger partial charge in [0.2, 0.25) is 0 Å². The van der Waals surface area contributed by atoms with Gasteiger partial charge in [-0.1, -0.05) is 11.6 Å². The van der Waals surface area contributed by atoms with Crippen LogP contribution in [0.4, 0.5) is 5.69 Å². The lowest BCUT2D eigenvalue weighted by molar-refractivity contribution is 0.460. The van der Waals surface area contributed by atoms with Crippen LogP contribution in [0, 0.1) is 11.8 Å². The first-order valence-electron chi connectivity index (χ1n) is 7.08. The smallest absolute Gasteiger partial charge is 0.199 e. The molecule has 0 fully saturated rings. The molecule has 0 unspecified atom stereocenters. The van der Waals surface area contributed by atoms with Gasteiger partial charge in [-0.05, 0) is 42.4 Å². The van der Waals surface area contributed by atoms with Gasteiger partial charge in [-0.2, -0.15) is 0 Å². The summed E-state index contributed by atoms with van der Waals surface area (Å²) in [5, 5.41) is 24.4. The molecule has 23 heavy (non-hydrogen) atoms. The summed E-state index contributed by atoms with van der Waals surface area (Å²) in [4.78, 5) is 17.4. The number of phenolic OH excluding ortho intramolecular Hbond substituents is 1. The summed E-state index contributed by atoms with van der Waals surface area (Å²) in [5.74, 6) is 0.0122. The minimum Gasteiger partial charge on any atom is -0.508 e. The van der Waals surface area contributed by atoms with E-state index in [2.05, 4.69) is 15.1 Å². The van der Waals surface area contributed by atoms with Gasteiger partial charge in [-0.3, -0.25) is 0 Å². The van der Waals surface area contributed by atoms with Crippen molar-refractivity contribution in [3.63, 3.8) is 0 Å². The molecule has 0 aliphatic rings. The van der Waals surface area contributed by atoms with Crippen molar-refractivity contribution < 1.29 is 10.2 Å². The molecular weight excluding hydrogens is 294 g/mol. The third-order valence-electron chi connectivity index (χ3n) is 4.03. The molecule has 2 heterocycles. The minimum absolute atomic E-state index is 0.0359. The van der Waals surface area contributed by atoms with Gasteiger partial charge in [0.25, 0.3) is 0 Å². The molecular formula is C17H13N3O3. The van der Waals surface area contributed by atoms with E-state index in [-0.39, 0.29) is 17.3 Å². The lowest BCUT2D eigenvalue weighted by Gasteiger charge is -1.99. The van der Waals surface area contributed by atoms with E-state index in [1.54, 1.807) is 6.07 Å². The molecule has 6 nitrogen and oxygen atoms in total. The average Bonchev–Trinajstić information content (AvgIpc) is 3.02. The molecule has 0 aliphatic heterocycles. The van der Waals surface area contributed by atoms with Crippen molar-refractivity contribution >= 4 is 27.5 Å². The second-order valence-corrected chi connectivity index (χ2v) is 5.57. The number of aromatic hydroxyl groups is 2. The summed E-state index contributed by atoms with van der Waals surface area (Å²) in [5.41, 5.74) is 3.54. The number of fused-ring (bicyclic) bond motifs is 2. The van der Waals surface area contributed by atoms with Crippen LogP contribution < -0.4 is 0 Å². The van der Waals surface area contributed by atoms with Gasteiger partial charge in [0.1, 0.15) is 11.4 Å². The highest BCUT2D eigenvalue weighted by atomic mass is 16.3. The second-order valence-electron chi connectivity index (χ2n) is 5.57. The molecule has 2 aromatic carbocycles. The molecule has 0 radical (unpaired) electrons. The molecule has 0 aliphatic carbocycles. The Morgan fingerprint density at radius 1 is 0.957 bits per heavy atom. The Hall–Kier alpha value is -3.28. The molecule has 4 rings (SSSR count). The minimum atomic E-state index is -0.0359. The van der Waals surface area contributed by atoms with E-state index in [9.17, 15) is 15.1 Å². The second kappa shape index (κ2) is 4.61. The summed E-state index contributed by atoms with van der Waals surface area (Å²) in [6, 6.07) is 10.4.